The van der Waals surface area contributed by atoms with Crippen LogP contribution in [0.25, 0.3) is 0 Å². The Labute approximate surface area is 139 Å². The van der Waals surface area contributed by atoms with Crippen molar-refractivity contribution in [1.29, 1.82) is 0 Å². The first-order valence-corrected chi connectivity index (χ1v) is 8.22. The van der Waals surface area contributed by atoms with Crippen LogP contribution in [0.2, 0.25) is 0 Å². The minimum Gasteiger partial charge on any atom is -0.481 e. The van der Waals surface area contributed by atoms with Crippen LogP contribution in [0.3, 0.4) is 0 Å². The van der Waals surface area contributed by atoms with Crippen LogP contribution in [-0.2, 0) is 23.1 Å². The summed E-state index contributed by atoms with van der Waals surface area (Å²) in [7, 11) is 0. The minimum absolute atomic E-state index is 0.112. The molecule has 0 heterocycles. The summed E-state index contributed by atoms with van der Waals surface area (Å²) < 4.78 is 0. The van der Waals surface area contributed by atoms with Gasteiger partial charge in [0.15, 0.2) is 0 Å². The normalized spacial score (nSPS) is 12.9. The van der Waals surface area contributed by atoms with E-state index in [1.165, 1.54) is 11.1 Å². The van der Waals surface area contributed by atoms with Crippen LogP contribution in [-0.4, -0.2) is 11.1 Å². The zero-order chi connectivity index (χ0) is 17.0. The Balaban J connectivity index is 2.20. The van der Waals surface area contributed by atoms with Gasteiger partial charge in [-0.15, -0.1) is 0 Å². The van der Waals surface area contributed by atoms with E-state index in [0.29, 0.717) is 6.42 Å². The van der Waals surface area contributed by atoms with Crippen molar-refractivity contribution in [3.63, 3.8) is 0 Å². The first-order chi connectivity index (χ1) is 10.8. The SMILES string of the molecule is CCc1ccc(C(Cc2ccc(C(C)(C)C)cc2)C(=O)O)cc1. The fourth-order valence-electron chi connectivity index (χ4n) is 2.71. The lowest BCUT2D eigenvalue weighted by atomic mass is 9.85. The lowest BCUT2D eigenvalue weighted by molar-refractivity contribution is -0.138. The average molecular weight is 310 g/mol. The summed E-state index contributed by atoms with van der Waals surface area (Å²) in [6.07, 6.45) is 1.48. The molecule has 2 aromatic rings. The smallest absolute Gasteiger partial charge is 0.311 e. The molecule has 1 unspecified atom stereocenters. The number of rotatable bonds is 5. The Hall–Kier alpha value is -2.09. The summed E-state index contributed by atoms with van der Waals surface area (Å²) >= 11 is 0. The van der Waals surface area contributed by atoms with Gasteiger partial charge in [-0.3, -0.25) is 4.79 Å². The summed E-state index contributed by atoms with van der Waals surface area (Å²) in [6.45, 7) is 8.63. The van der Waals surface area contributed by atoms with E-state index < -0.39 is 11.9 Å². The van der Waals surface area contributed by atoms with Gasteiger partial charge in [0.2, 0.25) is 0 Å². The standard InChI is InChI=1S/C21H26O2/c1-5-15-6-10-17(11-7-15)19(20(22)23)14-16-8-12-18(13-9-16)21(2,3)4/h6-13,19H,5,14H2,1-4H3,(H,22,23). The molecule has 0 aromatic heterocycles. The predicted molar refractivity (Wildman–Crippen MR) is 95.0 cm³/mol. The molecule has 0 saturated carbocycles. The minimum atomic E-state index is -0.769. The van der Waals surface area contributed by atoms with Gasteiger partial charge in [0.1, 0.15) is 0 Å². The average Bonchev–Trinajstić information content (AvgIpc) is 2.52. The lowest BCUT2D eigenvalue weighted by Crippen LogP contribution is -2.15. The van der Waals surface area contributed by atoms with E-state index in [9.17, 15) is 9.90 Å². The Morgan fingerprint density at radius 1 is 0.957 bits per heavy atom. The van der Waals surface area contributed by atoms with Crippen LogP contribution in [0.15, 0.2) is 48.5 Å². The van der Waals surface area contributed by atoms with Crippen molar-refractivity contribution in [1.82, 2.24) is 0 Å². The Morgan fingerprint density at radius 3 is 1.91 bits per heavy atom. The fourth-order valence-corrected chi connectivity index (χ4v) is 2.71. The van der Waals surface area contributed by atoms with Crippen LogP contribution in [0, 0.1) is 0 Å². The van der Waals surface area contributed by atoms with Gasteiger partial charge >= 0.3 is 5.97 Å². The number of benzene rings is 2. The Bertz CT molecular complexity index is 646. The van der Waals surface area contributed by atoms with Gasteiger partial charge < -0.3 is 5.11 Å². The molecule has 2 heteroatoms. The van der Waals surface area contributed by atoms with Gasteiger partial charge in [-0.25, -0.2) is 0 Å². The van der Waals surface area contributed by atoms with Crippen molar-refractivity contribution in [2.24, 2.45) is 0 Å². The first kappa shape index (κ1) is 17.3. The van der Waals surface area contributed by atoms with Gasteiger partial charge in [-0.2, -0.15) is 0 Å². The third kappa shape index (κ3) is 4.44. The summed E-state index contributed by atoms with van der Waals surface area (Å²) in [4.78, 5) is 11.7. The molecule has 0 aliphatic carbocycles. The van der Waals surface area contributed by atoms with E-state index in [1.807, 2.05) is 24.3 Å². The van der Waals surface area contributed by atoms with Gasteiger partial charge in [0, 0.05) is 0 Å². The van der Waals surface area contributed by atoms with Gasteiger partial charge in [0.05, 0.1) is 5.92 Å². The van der Waals surface area contributed by atoms with E-state index in [0.717, 1.165) is 17.5 Å². The molecule has 0 amide bonds. The van der Waals surface area contributed by atoms with Crippen molar-refractivity contribution in [2.45, 2.75) is 51.9 Å². The van der Waals surface area contributed by atoms with E-state index in [-0.39, 0.29) is 5.41 Å². The summed E-state index contributed by atoms with van der Waals surface area (Å²) in [5.41, 5.74) is 4.54. The number of hydrogen-bond donors (Lipinski definition) is 1. The Morgan fingerprint density at radius 2 is 1.48 bits per heavy atom. The van der Waals surface area contributed by atoms with Crippen LogP contribution in [0.1, 0.15) is 55.9 Å². The molecule has 0 aliphatic heterocycles. The zero-order valence-electron chi connectivity index (χ0n) is 14.5. The second-order valence-corrected chi connectivity index (χ2v) is 7.14. The molecule has 122 valence electrons. The molecule has 0 saturated heterocycles. The number of aryl methyl sites for hydroxylation is 1. The number of hydrogen-bond acceptors (Lipinski definition) is 1. The highest BCUT2D eigenvalue weighted by Gasteiger charge is 2.21. The zero-order valence-corrected chi connectivity index (χ0v) is 14.5. The maximum Gasteiger partial charge on any atom is 0.311 e. The van der Waals surface area contributed by atoms with Crippen LogP contribution in [0.5, 0.6) is 0 Å². The van der Waals surface area contributed by atoms with Crippen LogP contribution < -0.4 is 0 Å². The van der Waals surface area contributed by atoms with Crippen molar-refractivity contribution in [2.75, 3.05) is 0 Å². The summed E-state index contributed by atoms with van der Waals surface area (Å²) in [5.74, 6) is -1.27. The van der Waals surface area contributed by atoms with Gasteiger partial charge in [-0.1, -0.05) is 76.2 Å². The summed E-state index contributed by atoms with van der Waals surface area (Å²) in [6, 6.07) is 16.3. The van der Waals surface area contributed by atoms with Crippen LogP contribution in [0.4, 0.5) is 0 Å². The molecule has 2 nitrogen and oxygen atoms in total. The molecular weight excluding hydrogens is 284 g/mol. The molecule has 23 heavy (non-hydrogen) atoms. The van der Waals surface area contributed by atoms with Crippen molar-refractivity contribution < 1.29 is 9.90 Å². The summed E-state index contributed by atoms with van der Waals surface area (Å²) in [5, 5.41) is 9.60. The molecule has 0 fully saturated rings. The van der Waals surface area contributed by atoms with Gasteiger partial charge in [-0.05, 0) is 40.5 Å². The molecule has 1 N–H and O–H groups in total. The third-order valence-electron chi connectivity index (χ3n) is 4.35. The monoisotopic (exact) mass is 310 g/mol. The first-order valence-electron chi connectivity index (χ1n) is 8.22. The number of carboxylic acids is 1. The largest absolute Gasteiger partial charge is 0.481 e. The molecule has 0 aliphatic rings. The van der Waals surface area contributed by atoms with Crippen LogP contribution >= 0.6 is 0 Å². The molecular formula is C21H26O2. The molecule has 0 bridgehead atoms. The topological polar surface area (TPSA) is 37.3 Å². The van der Waals surface area contributed by atoms with Crippen molar-refractivity contribution in [3.8, 4) is 0 Å². The van der Waals surface area contributed by atoms with E-state index in [1.54, 1.807) is 0 Å². The second-order valence-electron chi connectivity index (χ2n) is 7.14. The number of aliphatic carboxylic acids is 1. The fraction of sp³-hybridized carbons (Fsp3) is 0.381. The molecule has 2 rings (SSSR count). The van der Waals surface area contributed by atoms with E-state index in [2.05, 4.69) is 52.0 Å². The third-order valence-corrected chi connectivity index (χ3v) is 4.35. The maximum absolute atomic E-state index is 11.7. The highest BCUT2D eigenvalue weighted by Crippen LogP contribution is 2.25. The van der Waals surface area contributed by atoms with E-state index in [4.69, 9.17) is 0 Å². The number of carboxylic acid groups (broad SMARTS) is 1. The van der Waals surface area contributed by atoms with Gasteiger partial charge in [0.25, 0.3) is 0 Å². The highest BCUT2D eigenvalue weighted by atomic mass is 16.4. The second kappa shape index (κ2) is 6.99. The molecule has 2 aromatic carbocycles. The molecule has 0 spiro atoms. The maximum atomic E-state index is 11.7. The van der Waals surface area contributed by atoms with E-state index >= 15 is 0 Å². The highest BCUT2D eigenvalue weighted by molar-refractivity contribution is 5.76. The molecule has 1 atom stereocenters. The van der Waals surface area contributed by atoms with Crippen molar-refractivity contribution in [3.05, 3.63) is 70.8 Å². The molecule has 0 radical (unpaired) electrons. The Kier molecular flexibility index (Phi) is 5.25. The number of carbonyl (C=O) groups is 1. The van der Waals surface area contributed by atoms with Crippen molar-refractivity contribution >= 4 is 5.97 Å². The predicted octanol–water partition coefficient (Wildman–Crippen LogP) is 4.96. The lowest BCUT2D eigenvalue weighted by Gasteiger charge is -2.20. The quantitative estimate of drug-likeness (QED) is 0.847.